The van der Waals surface area contributed by atoms with Gasteiger partial charge < -0.3 is 19.3 Å². The molecule has 2 heterocycles. The molecular formula is C25H29N3O4. The molecule has 7 heteroatoms. The summed E-state index contributed by atoms with van der Waals surface area (Å²) < 4.78 is 11.0. The van der Waals surface area contributed by atoms with Crippen LogP contribution in [-0.2, 0) is 9.59 Å². The maximum absolute atomic E-state index is 13.6. The Bertz CT molecular complexity index is 1010. The second-order valence-corrected chi connectivity index (χ2v) is 7.84. The van der Waals surface area contributed by atoms with Gasteiger partial charge >= 0.3 is 0 Å². The number of anilines is 1. The zero-order chi connectivity index (χ0) is 22.7. The van der Waals surface area contributed by atoms with Crippen LogP contribution in [0.25, 0.3) is 5.57 Å². The van der Waals surface area contributed by atoms with E-state index in [2.05, 4.69) is 11.9 Å². The summed E-state index contributed by atoms with van der Waals surface area (Å²) in [4.78, 5) is 32.7. The lowest BCUT2D eigenvalue weighted by molar-refractivity contribution is -0.120. The van der Waals surface area contributed by atoms with E-state index < -0.39 is 0 Å². The van der Waals surface area contributed by atoms with E-state index in [-0.39, 0.29) is 11.8 Å². The molecule has 0 saturated carbocycles. The predicted octanol–water partition coefficient (Wildman–Crippen LogP) is 3.02. The molecule has 168 valence electrons. The van der Waals surface area contributed by atoms with Gasteiger partial charge in [-0.2, -0.15) is 0 Å². The van der Waals surface area contributed by atoms with Crippen LogP contribution in [0.5, 0.6) is 11.5 Å². The molecule has 2 aromatic carbocycles. The van der Waals surface area contributed by atoms with Crippen LogP contribution in [0.3, 0.4) is 0 Å². The van der Waals surface area contributed by atoms with Gasteiger partial charge in [-0.25, -0.2) is 4.90 Å². The highest BCUT2D eigenvalue weighted by Crippen LogP contribution is 2.36. The summed E-state index contributed by atoms with van der Waals surface area (Å²) >= 11 is 0. The summed E-state index contributed by atoms with van der Waals surface area (Å²) in [5, 5.41) is 0. The minimum atomic E-state index is -0.308. The summed E-state index contributed by atoms with van der Waals surface area (Å²) in [5.74, 6) is 0.845. The lowest BCUT2D eigenvalue weighted by Crippen LogP contribution is -2.46. The Kier molecular flexibility index (Phi) is 6.46. The van der Waals surface area contributed by atoms with Gasteiger partial charge in [-0.1, -0.05) is 12.1 Å². The molecule has 2 aromatic rings. The van der Waals surface area contributed by atoms with E-state index in [4.69, 9.17) is 9.47 Å². The number of hydrogen-bond acceptors (Lipinski definition) is 6. The maximum Gasteiger partial charge on any atom is 0.282 e. The van der Waals surface area contributed by atoms with Crippen molar-refractivity contribution in [3.8, 4) is 11.5 Å². The van der Waals surface area contributed by atoms with E-state index in [1.807, 2.05) is 43.0 Å². The van der Waals surface area contributed by atoms with Crippen LogP contribution in [0.2, 0.25) is 0 Å². The number of likely N-dealkylation sites (N-methyl/N-ethyl adjacent to an activating group) is 1. The van der Waals surface area contributed by atoms with Crippen molar-refractivity contribution in [1.29, 1.82) is 0 Å². The van der Waals surface area contributed by atoms with Crippen LogP contribution in [0, 0.1) is 0 Å². The van der Waals surface area contributed by atoms with Crippen molar-refractivity contribution in [2.75, 3.05) is 51.3 Å². The maximum atomic E-state index is 13.6. The number of carbonyl (C=O) groups is 2. The smallest absolute Gasteiger partial charge is 0.282 e. The molecule has 1 fully saturated rings. The van der Waals surface area contributed by atoms with Gasteiger partial charge in [0.05, 0.1) is 24.5 Å². The van der Waals surface area contributed by atoms with Gasteiger partial charge in [0.2, 0.25) is 0 Å². The normalized spacial score (nSPS) is 17.3. The molecule has 0 N–H and O–H groups in total. The van der Waals surface area contributed by atoms with Crippen LogP contribution >= 0.6 is 0 Å². The van der Waals surface area contributed by atoms with Crippen molar-refractivity contribution in [2.24, 2.45) is 0 Å². The number of carbonyl (C=O) groups excluding carboxylic acids is 2. The van der Waals surface area contributed by atoms with Crippen molar-refractivity contribution in [2.45, 2.75) is 13.8 Å². The SMILES string of the molecule is CCOc1ccc(C2=C(N3CCN(C)CC3)C(=O)N(c3ccc(OCC)cc3)C2=O)cc1. The highest BCUT2D eigenvalue weighted by Gasteiger charge is 2.42. The van der Waals surface area contributed by atoms with Crippen LogP contribution in [-0.4, -0.2) is 68.1 Å². The molecule has 0 radical (unpaired) electrons. The number of ether oxygens (including phenoxy) is 2. The summed E-state index contributed by atoms with van der Waals surface area (Å²) in [7, 11) is 2.06. The first-order valence-corrected chi connectivity index (χ1v) is 11.1. The largest absolute Gasteiger partial charge is 0.494 e. The van der Waals surface area contributed by atoms with Gasteiger partial charge in [0, 0.05) is 26.2 Å². The lowest BCUT2D eigenvalue weighted by Gasteiger charge is -2.34. The lowest BCUT2D eigenvalue weighted by atomic mass is 10.0. The molecule has 32 heavy (non-hydrogen) atoms. The molecular weight excluding hydrogens is 406 g/mol. The third kappa shape index (κ3) is 4.21. The standard InChI is InChI=1S/C25H29N3O4/c1-4-31-20-10-6-18(7-11-20)22-23(27-16-14-26(3)15-17-27)25(30)28(24(22)29)19-8-12-21(13-9-19)32-5-2/h6-13H,4-5,14-17H2,1-3H3. The topological polar surface area (TPSA) is 62.3 Å². The predicted molar refractivity (Wildman–Crippen MR) is 124 cm³/mol. The third-order valence-corrected chi connectivity index (χ3v) is 5.74. The van der Waals surface area contributed by atoms with E-state index in [1.165, 1.54) is 4.90 Å². The average molecular weight is 436 g/mol. The number of nitrogens with zero attached hydrogens (tertiary/aromatic N) is 3. The van der Waals surface area contributed by atoms with E-state index in [0.717, 1.165) is 18.8 Å². The van der Waals surface area contributed by atoms with Gasteiger partial charge in [0.1, 0.15) is 17.2 Å². The fraction of sp³-hybridized carbons (Fsp3) is 0.360. The monoisotopic (exact) mass is 435 g/mol. The molecule has 2 aliphatic rings. The second-order valence-electron chi connectivity index (χ2n) is 7.84. The van der Waals surface area contributed by atoms with Gasteiger partial charge in [-0.05, 0) is 62.9 Å². The molecule has 0 unspecified atom stereocenters. The van der Waals surface area contributed by atoms with Gasteiger partial charge in [-0.3, -0.25) is 9.59 Å². The van der Waals surface area contributed by atoms with Crippen LogP contribution in [0.1, 0.15) is 19.4 Å². The Morgan fingerprint density at radius 2 is 1.28 bits per heavy atom. The number of rotatable bonds is 7. The molecule has 0 aromatic heterocycles. The first-order valence-electron chi connectivity index (χ1n) is 11.1. The zero-order valence-corrected chi connectivity index (χ0v) is 18.8. The Balaban J connectivity index is 1.72. The minimum Gasteiger partial charge on any atom is -0.494 e. The number of benzene rings is 2. The molecule has 2 amide bonds. The van der Waals surface area contributed by atoms with Crippen LogP contribution in [0.4, 0.5) is 5.69 Å². The number of imide groups is 1. The molecule has 0 aliphatic carbocycles. The van der Waals surface area contributed by atoms with Crippen molar-refractivity contribution in [3.05, 3.63) is 59.8 Å². The van der Waals surface area contributed by atoms with Gasteiger partial charge in [0.25, 0.3) is 11.8 Å². The highest BCUT2D eigenvalue weighted by molar-refractivity contribution is 6.45. The van der Waals surface area contributed by atoms with Gasteiger partial charge in [-0.15, -0.1) is 0 Å². The van der Waals surface area contributed by atoms with E-state index in [9.17, 15) is 9.59 Å². The van der Waals surface area contributed by atoms with Crippen LogP contribution in [0.15, 0.2) is 54.2 Å². The molecule has 7 nitrogen and oxygen atoms in total. The molecule has 2 aliphatic heterocycles. The number of piperazine rings is 1. The Labute approximate surface area is 188 Å². The van der Waals surface area contributed by atoms with E-state index >= 15 is 0 Å². The quantitative estimate of drug-likeness (QED) is 0.623. The molecule has 0 bridgehead atoms. The van der Waals surface area contributed by atoms with Crippen molar-refractivity contribution >= 4 is 23.1 Å². The Hall–Kier alpha value is -3.32. The fourth-order valence-corrected chi connectivity index (χ4v) is 4.08. The first kappa shape index (κ1) is 21.9. The zero-order valence-electron chi connectivity index (χ0n) is 18.8. The molecule has 0 atom stereocenters. The summed E-state index contributed by atoms with van der Waals surface area (Å²) in [5.41, 5.74) is 2.17. The third-order valence-electron chi connectivity index (χ3n) is 5.74. The molecule has 1 saturated heterocycles. The van der Waals surface area contributed by atoms with Crippen molar-refractivity contribution < 1.29 is 19.1 Å². The van der Waals surface area contributed by atoms with Crippen molar-refractivity contribution in [1.82, 2.24) is 9.80 Å². The fourth-order valence-electron chi connectivity index (χ4n) is 4.08. The van der Waals surface area contributed by atoms with Crippen molar-refractivity contribution in [3.63, 3.8) is 0 Å². The highest BCUT2D eigenvalue weighted by atomic mass is 16.5. The van der Waals surface area contributed by atoms with E-state index in [1.54, 1.807) is 24.3 Å². The van der Waals surface area contributed by atoms with E-state index in [0.29, 0.717) is 54.6 Å². The Morgan fingerprint density at radius 3 is 1.81 bits per heavy atom. The average Bonchev–Trinajstić information content (AvgIpc) is 3.06. The minimum absolute atomic E-state index is 0.285. The van der Waals surface area contributed by atoms with Crippen LogP contribution < -0.4 is 14.4 Å². The number of amides is 2. The molecule has 0 spiro atoms. The Morgan fingerprint density at radius 1 is 0.750 bits per heavy atom. The first-order chi connectivity index (χ1) is 15.5. The second kappa shape index (κ2) is 9.44. The molecule has 4 rings (SSSR count). The number of hydrogen-bond donors (Lipinski definition) is 0. The summed E-state index contributed by atoms with van der Waals surface area (Å²) in [6.07, 6.45) is 0. The summed E-state index contributed by atoms with van der Waals surface area (Å²) in [6, 6.07) is 14.4. The van der Waals surface area contributed by atoms with Gasteiger partial charge in [0.15, 0.2) is 0 Å². The summed E-state index contributed by atoms with van der Waals surface area (Å²) in [6.45, 7) is 8.03.